The highest BCUT2D eigenvalue weighted by molar-refractivity contribution is 6.30. The van der Waals surface area contributed by atoms with Crippen LogP contribution in [0.5, 0.6) is 0 Å². The van der Waals surface area contributed by atoms with Crippen molar-refractivity contribution >= 4 is 46.8 Å². The maximum Gasteiger partial charge on any atom is 0.233 e. The maximum absolute atomic E-state index is 14.8. The van der Waals surface area contributed by atoms with Gasteiger partial charge in [-0.3, -0.25) is 29.0 Å². The van der Waals surface area contributed by atoms with Gasteiger partial charge in [0.05, 0.1) is 23.7 Å². The van der Waals surface area contributed by atoms with Gasteiger partial charge in [-0.1, -0.05) is 120 Å². The molecule has 10 heteroatoms. The van der Waals surface area contributed by atoms with Gasteiger partial charge in [0, 0.05) is 58.9 Å². The number of carbonyl (C=O) groups excluding carboxylic acids is 4. The van der Waals surface area contributed by atoms with Crippen molar-refractivity contribution in [3.05, 3.63) is 154 Å². The zero-order valence-corrected chi connectivity index (χ0v) is 36.6. The third kappa shape index (κ3) is 7.44. The summed E-state index contributed by atoms with van der Waals surface area (Å²) in [6, 6.07) is 36.8. The van der Waals surface area contributed by atoms with Gasteiger partial charge < -0.3 is 9.80 Å². The van der Waals surface area contributed by atoms with Gasteiger partial charge in [-0.05, 0) is 111 Å². The number of allylic oxidation sites excluding steroid dienone is 2. The third-order valence-corrected chi connectivity index (χ3v) is 16.3. The number of amides is 4. The number of piperidine rings is 2. The molecule has 5 fully saturated rings. The molecule has 320 valence electrons. The number of hydrogen-bond acceptors (Lipinski definition) is 6. The predicted octanol–water partition coefficient (Wildman–Crippen LogP) is 7.86. The number of hydrogen-bond donors (Lipinski definition) is 0. The monoisotopic (exact) mass is 868 g/mol. The van der Waals surface area contributed by atoms with E-state index < -0.39 is 46.3 Å². The molecule has 4 aromatic rings. The van der Waals surface area contributed by atoms with Crippen LogP contribution in [0.2, 0.25) is 10.0 Å². The van der Waals surface area contributed by atoms with Crippen molar-refractivity contribution < 1.29 is 19.2 Å². The van der Waals surface area contributed by atoms with E-state index in [0.717, 1.165) is 99.0 Å². The Morgan fingerprint density at radius 2 is 0.774 bits per heavy atom. The van der Waals surface area contributed by atoms with E-state index in [1.54, 1.807) is 0 Å². The molecule has 0 radical (unpaired) electrons. The normalized spacial score (nSPS) is 27.8. The van der Waals surface area contributed by atoms with Crippen LogP contribution < -0.4 is 0 Å². The van der Waals surface area contributed by atoms with Gasteiger partial charge in [0.15, 0.2) is 0 Å². The second-order valence-corrected chi connectivity index (χ2v) is 19.8. The minimum Gasteiger partial charge on any atom is -0.303 e. The van der Waals surface area contributed by atoms with Crippen LogP contribution in [-0.2, 0) is 42.8 Å². The van der Waals surface area contributed by atoms with Crippen molar-refractivity contribution in [2.24, 2.45) is 35.5 Å². The molecule has 4 unspecified atom stereocenters. The lowest BCUT2D eigenvalue weighted by Gasteiger charge is -2.44. The third-order valence-electron chi connectivity index (χ3n) is 15.8. The Labute approximate surface area is 374 Å². The SMILES string of the molecule is O=C1C2C3C=CC(C2C(=O)N1CC1(c2ccccc2)CCN(CCc2ccc(Cl)cc2)CC1)C1C(=O)N(CC2(c4ccccc4)CCN(CCc4ccc(Cl)cc4)CC2)C(=O)C31. The van der Waals surface area contributed by atoms with E-state index in [2.05, 4.69) is 58.3 Å². The molecule has 1 saturated carbocycles. The summed E-state index contributed by atoms with van der Waals surface area (Å²) < 4.78 is 0. The molecule has 2 bridgehead atoms. The largest absolute Gasteiger partial charge is 0.303 e. The van der Waals surface area contributed by atoms with Crippen molar-refractivity contribution in [1.29, 1.82) is 0 Å². The Hall–Kier alpha value is -4.60. The Morgan fingerprint density at radius 3 is 1.10 bits per heavy atom. The molecule has 3 aliphatic carbocycles. The van der Waals surface area contributed by atoms with Crippen LogP contribution in [0.3, 0.4) is 0 Å². The number of imide groups is 2. The summed E-state index contributed by atoms with van der Waals surface area (Å²) in [6.45, 7) is 5.88. The zero-order chi connectivity index (χ0) is 42.6. The lowest BCUT2D eigenvalue weighted by atomic mass is 9.54. The van der Waals surface area contributed by atoms with Gasteiger partial charge in [0.1, 0.15) is 0 Å². The summed E-state index contributed by atoms with van der Waals surface area (Å²) in [5, 5.41) is 1.47. The molecule has 8 nitrogen and oxygen atoms in total. The molecular weight excluding hydrogens is 816 g/mol. The summed E-state index contributed by atoms with van der Waals surface area (Å²) in [4.78, 5) is 67.1. The first-order valence-electron chi connectivity index (χ1n) is 22.6. The lowest BCUT2D eigenvalue weighted by Crippen LogP contribution is -2.51. The summed E-state index contributed by atoms with van der Waals surface area (Å²) in [6.07, 6.45) is 9.10. The first kappa shape index (κ1) is 41.4. The van der Waals surface area contributed by atoms with Crippen molar-refractivity contribution in [3.8, 4) is 0 Å². The fraction of sp³-hybridized carbons (Fsp3) is 0.423. The van der Waals surface area contributed by atoms with Gasteiger partial charge in [0.25, 0.3) is 0 Å². The summed E-state index contributed by atoms with van der Waals surface area (Å²) in [5.41, 5.74) is 4.00. The lowest BCUT2D eigenvalue weighted by molar-refractivity contribution is -0.141. The minimum atomic E-state index is -0.630. The number of likely N-dealkylation sites (tertiary alicyclic amines) is 4. The highest BCUT2D eigenvalue weighted by atomic mass is 35.5. The summed E-state index contributed by atoms with van der Waals surface area (Å²) in [5.74, 6) is -4.20. The second-order valence-electron chi connectivity index (χ2n) is 18.9. The number of carbonyl (C=O) groups is 4. The van der Waals surface area contributed by atoms with E-state index in [1.165, 1.54) is 20.9 Å². The highest BCUT2D eigenvalue weighted by Gasteiger charge is 2.69. The smallest absolute Gasteiger partial charge is 0.233 e. The molecule has 0 aromatic heterocycles. The van der Waals surface area contributed by atoms with Crippen molar-refractivity contribution in [2.45, 2.75) is 49.4 Å². The topological polar surface area (TPSA) is 81.2 Å². The minimum absolute atomic E-state index is 0.177. The Morgan fingerprint density at radius 1 is 0.452 bits per heavy atom. The molecule has 7 aliphatic rings. The first-order valence-corrected chi connectivity index (χ1v) is 23.3. The molecule has 11 rings (SSSR count). The Bertz CT molecular complexity index is 2130. The van der Waals surface area contributed by atoms with Crippen LogP contribution in [0.4, 0.5) is 0 Å². The Balaban J connectivity index is 0.848. The first-order chi connectivity index (χ1) is 30.1. The van der Waals surface area contributed by atoms with Crippen LogP contribution in [0.1, 0.15) is 47.9 Å². The average molecular weight is 870 g/mol. The van der Waals surface area contributed by atoms with E-state index >= 15 is 0 Å². The predicted molar refractivity (Wildman–Crippen MR) is 241 cm³/mol. The quantitative estimate of drug-likeness (QED) is 0.107. The van der Waals surface area contributed by atoms with Crippen LogP contribution in [-0.4, -0.2) is 95.6 Å². The molecule has 4 atom stereocenters. The van der Waals surface area contributed by atoms with E-state index in [1.807, 2.05) is 72.8 Å². The van der Waals surface area contributed by atoms with E-state index in [-0.39, 0.29) is 23.6 Å². The highest BCUT2D eigenvalue weighted by Crippen LogP contribution is 2.58. The van der Waals surface area contributed by atoms with E-state index in [0.29, 0.717) is 13.1 Å². The summed E-state index contributed by atoms with van der Waals surface area (Å²) in [7, 11) is 0. The van der Waals surface area contributed by atoms with Crippen molar-refractivity contribution in [3.63, 3.8) is 0 Å². The fourth-order valence-electron chi connectivity index (χ4n) is 12.2. The average Bonchev–Trinajstić information content (AvgIpc) is 3.72. The van der Waals surface area contributed by atoms with Crippen molar-refractivity contribution in [2.75, 3.05) is 52.4 Å². The molecule has 4 aromatic carbocycles. The molecule has 4 heterocycles. The zero-order valence-electron chi connectivity index (χ0n) is 35.1. The molecule has 0 spiro atoms. The molecule has 4 saturated heterocycles. The fourth-order valence-corrected chi connectivity index (χ4v) is 12.5. The number of halogens is 2. The molecule has 4 aliphatic heterocycles. The van der Waals surface area contributed by atoms with Crippen LogP contribution in [0.15, 0.2) is 121 Å². The van der Waals surface area contributed by atoms with Crippen LogP contribution >= 0.6 is 23.2 Å². The number of benzene rings is 4. The molecule has 62 heavy (non-hydrogen) atoms. The van der Waals surface area contributed by atoms with Gasteiger partial charge >= 0.3 is 0 Å². The molecule has 0 N–H and O–H groups in total. The van der Waals surface area contributed by atoms with Crippen molar-refractivity contribution in [1.82, 2.24) is 19.6 Å². The standard InChI is InChI=1S/C52H54Cl2N4O4/c53-39-15-11-35(12-16-39)21-27-55-29-23-51(24-30-55,37-7-3-1-4-8-37)33-57-47(59)43-41-19-20-42(44(43)48(57)60)46-45(41)49(61)58(50(46)62)34-52(38-9-5-2-6-10-38)25-31-56(32-26-52)28-22-36-13-17-40(54)18-14-36/h1-20,41-46H,21-34H2. The van der Waals surface area contributed by atoms with Crippen LogP contribution in [0, 0.1) is 35.5 Å². The van der Waals surface area contributed by atoms with Gasteiger partial charge in [-0.25, -0.2) is 0 Å². The molecule has 4 amide bonds. The second kappa shape index (κ2) is 16.8. The van der Waals surface area contributed by atoms with E-state index in [9.17, 15) is 19.2 Å². The molecular formula is C52H54Cl2N4O4. The maximum atomic E-state index is 14.8. The van der Waals surface area contributed by atoms with Crippen LogP contribution in [0.25, 0.3) is 0 Å². The summed E-state index contributed by atoms with van der Waals surface area (Å²) >= 11 is 12.3. The number of rotatable bonds is 12. The Kier molecular flexibility index (Phi) is 11.2. The van der Waals surface area contributed by atoms with E-state index in [4.69, 9.17) is 23.2 Å². The number of nitrogens with zero attached hydrogens (tertiary/aromatic N) is 4. The van der Waals surface area contributed by atoms with Gasteiger partial charge in [0.2, 0.25) is 23.6 Å². The van der Waals surface area contributed by atoms with Gasteiger partial charge in [-0.2, -0.15) is 0 Å². The van der Waals surface area contributed by atoms with Gasteiger partial charge in [-0.15, -0.1) is 0 Å².